The van der Waals surface area contributed by atoms with E-state index in [2.05, 4.69) is 22.7 Å². The summed E-state index contributed by atoms with van der Waals surface area (Å²) in [6.45, 7) is 3.14. The van der Waals surface area contributed by atoms with Crippen LogP contribution < -0.4 is 10.6 Å². The summed E-state index contributed by atoms with van der Waals surface area (Å²) in [6.07, 6.45) is 5.44. The maximum absolute atomic E-state index is 13.2. The Morgan fingerprint density at radius 3 is 2.63 bits per heavy atom. The van der Waals surface area contributed by atoms with Crippen LogP contribution in [0.5, 0.6) is 0 Å². The molecule has 1 aromatic heterocycles. The highest BCUT2D eigenvalue weighted by atomic mass is 35.5. The number of hydrogen-bond acceptors (Lipinski definition) is 5. The van der Waals surface area contributed by atoms with E-state index >= 15 is 0 Å². The van der Waals surface area contributed by atoms with Crippen molar-refractivity contribution in [2.24, 2.45) is 0 Å². The van der Waals surface area contributed by atoms with Gasteiger partial charge in [0, 0.05) is 29.8 Å². The SMILES string of the molecule is COCCNc1noc(-c2ccc(Cl)cc2)c1C(=O)NC1(C)CCCCC1. The average Bonchev–Trinajstić information content (AvgIpc) is 3.07. The van der Waals surface area contributed by atoms with Gasteiger partial charge in [-0.1, -0.05) is 36.0 Å². The van der Waals surface area contributed by atoms with Crippen molar-refractivity contribution in [3.8, 4) is 11.3 Å². The zero-order chi connectivity index (χ0) is 19.3. The number of rotatable bonds is 7. The summed E-state index contributed by atoms with van der Waals surface area (Å²) in [5.41, 5.74) is 0.971. The van der Waals surface area contributed by atoms with Crippen molar-refractivity contribution in [1.29, 1.82) is 0 Å². The first-order valence-electron chi connectivity index (χ1n) is 9.33. The smallest absolute Gasteiger partial charge is 0.259 e. The van der Waals surface area contributed by atoms with Crippen LogP contribution in [-0.2, 0) is 4.74 Å². The second-order valence-corrected chi connectivity index (χ2v) is 7.67. The number of anilines is 1. The number of halogens is 1. The molecule has 6 nitrogen and oxygen atoms in total. The summed E-state index contributed by atoms with van der Waals surface area (Å²) in [5, 5.41) is 11.1. The van der Waals surface area contributed by atoms with Crippen LogP contribution in [0.2, 0.25) is 5.02 Å². The number of aromatic nitrogens is 1. The molecule has 0 atom stereocenters. The zero-order valence-electron chi connectivity index (χ0n) is 15.8. The molecule has 2 aromatic rings. The molecule has 2 N–H and O–H groups in total. The van der Waals surface area contributed by atoms with Crippen LogP contribution in [0.4, 0.5) is 5.82 Å². The number of nitrogens with one attached hydrogen (secondary N) is 2. The van der Waals surface area contributed by atoms with Crippen LogP contribution in [0.25, 0.3) is 11.3 Å². The Bertz CT molecular complexity index is 767. The number of methoxy groups -OCH3 is 1. The third kappa shape index (κ3) is 4.82. The number of carbonyl (C=O) groups is 1. The Balaban J connectivity index is 1.90. The maximum Gasteiger partial charge on any atom is 0.259 e. The predicted octanol–water partition coefficient (Wildman–Crippen LogP) is 4.51. The normalized spacial score (nSPS) is 16.1. The molecule has 0 spiro atoms. The molecule has 0 radical (unpaired) electrons. The van der Waals surface area contributed by atoms with Gasteiger partial charge in [0.2, 0.25) is 0 Å². The molecule has 1 heterocycles. The maximum atomic E-state index is 13.2. The predicted molar refractivity (Wildman–Crippen MR) is 106 cm³/mol. The van der Waals surface area contributed by atoms with Gasteiger partial charge >= 0.3 is 0 Å². The molecule has 0 aliphatic heterocycles. The minimum absolute atomic E-state index is 0.175. The molecule has 0 saturated heterocycles. The summed E-state index contributed by atoms with van der Waals surface area (Å²) in [4.78, 5) is 13.2. The molecule has 1 aromatic carbocycles. The molecule has 0 unspecified atom stereocenters. The van der Waals surface area contributed by atoms with Gasteiger partial charge < -0.3 is 19.9 Å². The van der Waals surface area contributed by atoms with E-state index in [1.165, 1.54) is 6.42 Å². The number of ether oxygens (including phenoxy) is 1. The Morgan fingerprint density at radius 1 is 1.26 bits per heavy atom. The van der Waals surface area contributed by atoms with Crippen molar-refractivity contribution in [1.82, 2.24) is 10.5 Å². The fourth-order valence-electron chi connectivity index (χ4n) is 3.48. The first kappa shape index (κ1) is 19.7. The van der Waals surface area contributed by atoms with Crippen molar-refractivity contribution < 1.29 is 14.1 Å². The number of benzene rings is 1. The fraction of sp³-hybridized carbons (Fsp3) is 0.500. The van der Waals surface area contributed by atoms with Crippen molar-refractivity contribution in [3.05, 3.63) is 34.9 Å². The monoisotopic (exact) mass is 391 g/mol. The molecule has 146 valence electrons. The first-order valence-corrected chi connectivity index (χ1v) is 9.71. The van der Waals surface area contributed by atoms with Crippen molar-refractivity contribution in [2.45, 2.75) is 44.6 Å². The summed E-state index contributed by atoms with van der Waals surface area (Å²) >= 11 is 5.99. The lowest BCUT2D eigenvalue weighted by Gasteiger charge is -2.34. The standard InChI is InChI=1S/C20H26ClN3O3/c1-20(10-4-3-5-11-20)23-19(25)16-17(14-6-8-15(21)9-7-14)27-24-18(16)22-12-13-26-2/h6-9H,3-5,10-13H2,1-2H3,(H,22,24)(H,23,25). The average molecular weight is 392 g/mol. The molecule has 3 rings (SSSR count). The summed E-state index contributed by atoms with van der Waals surface area (Å²) in [7, 11) is 1.63. The van der Waals surface area contributed by atoms with Crippen LogP contribution in [0.3, 0.4) is 0 Å². The molecule has 1 aliphatic carbocycles. The van der Waals surface area contributed by atoms with Gasteiger partial charge in [-0.25, -0.2) is 0 Å². The van der Waals surface area contributed by atoms with E-state index in [1.807, 2.05) is 12.1 Å². The van der Waals surface area contributed by atoms with E-state index in [4.69, 9.17) is 20.9 Å². The second-order valence-electron chi connectivity index (χ2n) is 7.24. The van der Waals surface area contributed by atoms with E-state index < -0.39 is 0 Å². The van der Waals surface area contributed by atoms with Crippen molar-refractivity contribution >= 4 is 23.3 Å². The van der Waals surface area contributed by atoms with E-state index in [0.29, 0.717) is 35.3 Å². The topological polar surface area (TPSA) is 76.4 Å². The zero-order valence-corrected chi connectivity index (χ0v) is 16.6. The minimum atomic E-state index is -0.201. The minimum Gasteiger partial charge on any atom is -0.383 e. The molecule has 27 heavy (non-hydrogen) atoms. The molecular weight excluding hydrogens is 366 g/mol. The first-order chi connectivity index (χ1) is 13.0. The second kappa shape index (κ2) is 8.76. The van der Waals surface area contributed by atoms with E-state index in [0.717, 1.165) is 31.2 Å². The van der Waals surface area contributed by atoms with Gasteiger partial charge in [-0.3, -0.25) is 4.79 Å². The van der Waals surface area contributed by atoms with Gasteiger partial charge in [0.1, 0.15) is 5.56 Å². The summed E-state index contributed by atoms with van der Waals surface area (Å²) in [6, 6.07) is 7.17. The van der Waals surface area contributed by atoms with Crippen LogP contribution in [0, 0.1) is 0 Å². The van der Waals surface area contributed by atoms with E-state index in [-0.39, 0.29) is 11.4 Å². The third-order valence-electron chi connectivity index (χ3n) is 5.00. The van der Waals surface area contributed by atoms with Crippen molar-refractivity contribution in [3.63, 3.8) is 0 Å². The quantitative estimate of drug-likeness (QED) is 0.679. The highest BCUT2D eigenvalue weighted by Crippen LogP contribution is 2.32. The third-order valence-corrected chi connectivity index (χ3v) is 5.25. The number of hydrogen-bond donors (Lipinski definition) is 2. The van der Waals surface area contributed by atoms with Crippen molar-refractivity contribution in [2.75, 3.05) is 25.6 Å². The highest BCUT2D eigenvalue weighted by Gasteiger charge is 2.32. The number of nitrogens with zero attached hydrogens (tertiary/aromatic N) is 1. The summed E-state index contributed by atoms with van der Waals surface area (Å²) in [5.74, 6) is 0.683. The molecule has 1 aliphatic rings. The molecule has 0 bridgehead atoms. The van der Waals surface area contributed by atoms with Gasteiger partial charge in [-0.2, -0.15) is 0 Å². The molecule has 1 fully saturated rings. The molecule has 7 heteroatoms. The van der Waals surface area contributed by atoms with E-state index in [1.54, 1.807) is 19.2 Å². The van der Waals surface area contributed by atoms with Crippen LogP contribution in [0.15, 0.2) is 28.8 Å². The Labute approximate surface area is 164 Å². The Hall–Kier alpha value is -2.05. The van der Waals surface area contributed by atoms with Gasteiger partial charge in [0.25, 0.3) is 5.91 Å². The lowest BCUT2D eigenvalue weighted by Crippen LogP contribution is -2.47. The van der Waals surface area contributed by atoms with Crippen LogP contribution in [0.1, 0.15) is 49.4 Å². The van der Waals surface area contributed by atoms with Gasteiger partial charge in [0.05, 0.1) is 6.61 Å². The highest BCUT2D eigenvalue weighted by molar-refractivity contribution is 6.30. The van der Waals surface area contributed by atoms with Crippen LogP contribution in [-0.4, -0.2) is 36.9 Å². The largest absolute Gasteiger partial charge is 0.383 e. The van der Waals surface area contributed by atoms with Gasteiger partial charge in [0.15, 0.2) is 11.6 Å². The molecular formula is C20H26ClN3O3. The van der Waals surface area contributed by atoms with Gasteiger partial charge in [-0.15, -0.1) is 0 Å². The number of carbonyl (C=O) groups excluding carboxylic acids is 1. The number of amides is 1. The fourth-order valence-corrected chi connectivity index (χ4v) is 3.61. The Morgan fingerprint density at radius 2 is 1.96 bits per heavy atom. The van der Waals surface area contributed by atoms with E-state index in [9.17, 15) is 4.79 Å². The van der Waals surface area contributed by atoms with Gasteiger partial charge in [-0.05, 0) is 44.0 Å². The Kier molecular flexibility index (Phi) is 6.39. The summed E-state index contributed by atoms with van der Waals surface area (Å²) < 4.78 is 10.6. The van der Waals surface area contributed by atoms with Crippen LogP contribution >= 0.6 is 11.6 Å². The molecule has 1 amide bonds. The lowest BCUT2D eigenvalue weighted by atomic mass is 9.83. The molecule has 1 saturated carbocycles. The lowest BCUT2D eigenvalue weighted by molar-refractivity contribution is 0.0883.